The van der Waals surface area contributed by atoms with Gasteiger partial charge in [-0.2, -0.15) is 0 Å². The molecule has 2 aromatic carbocycles. The molecule has 148 valence electrons. The van der Waals surface area contributed by atoms with Gasteiger partial charge in [-0.15, -0.1) is 0 Å². The first-order chi connectivity index (χ1) is 13.9. The molecule has 1 aliphatic carbocycles. The minimum Gasteiger partial charge on any atom is -0.265 e. The van der Waals surface area contributed by atoms with Crippen LogP contribution in [0.25, 0.3) is 5.70 Å². The van der Waals surface area contributed by atoms with Crippen molar-refractivity contribution < 1.29 is 4.84 Å². The Labute approximate surface area is 181 Å². The zero-order valence-corrected chi connectivity index (χ0v) is 18.3. The van der Waals surface area contributed by atoms with Gasteiger partial charge in [-0.1, -0.05) is 53.1 Å². The van der Waals surface area contributed by atoms with Crippen molar-refractivity contribution in [1.29, 1.82) is 0 Å². The summed E-state index contributed by atoms with van der Waals surface area (Å²) in [7, 11) is 0. The number of allylic oxidation sites excluding steroid dienone is 3. The van der Waals surface area contributed by atoms with Crippen molar-refractivity contribution in [1.82, 2.24) is 5.48 Å². The largest absolute Gasteiger partial charge is 0.265 e. The monoisotopic (exact) mass is 424 g/mol. The number of hydrogen-bond donors (Lipinski definition) is 1. The fourth-order valence-electron chi connectivity index (χ4n) is 3.77. The summed E-state index contributed by atoms with van der Waals surface area (Å²) < 4.78 is 0. The Hall–Kier alpha value is -2.33. The first-order valence-corrected chi connectivity index (χ1v) is 10.3. The molecule has 1 heterocycles. The van der Waals surface area contributed by atoms with Crippen molar-refractivity contribution in [3.8, 4) is 0 Å². The van der Waals surface area contributed by atoms with Gasteiger partial charge in [0.2, 0.25) is 0 Å². The van der Waals surface area contributed by atoms with E-state index in [0.717, 1.165) is 44.9 Å². The fraction of sp³-hybridized carbons (Fsp3) is 0.208. The molecule has 3 nitrogen and oxygen atoms in total. The van der Waals surface area contributed by atoms with Crippen LogP contribution in [0.3, 0.4) is 0 Å². The number of nitrogens with one attached hydrogen (secondary N) is 1. The summed E-state index contributed by atoms with van der Waals surface area (Å²) in [6, 6.07) is 8.15. The van der Waals surface area contributed by atoms with Gasteiger partial charge in [-0.3, -0.25) is 10.3 Å². The third-order valence-corrected chi connectivity index (χ3v) is 6.50. The second-order valence-electron chi connectivity index (χ2n) is 7.38. The molecule has 0 saturated heterocycles. The van der Waals surface area contributed by atoms with E-state index in [-0.39, 0.29) is 6.10 Å². The van der Waals surface area contributed by atoms with E-state index in [4.69, 9.17) is 33.0 Å². The first kappa shape index (κ1) is 20.0. The van der Waals surface area contributed by atoms with Gasteiger partial charge in [-0.25, -0.2) is 4.99 Å². The zero-order valence-electron chi connectivity index (χ0n) is 16.8. The molecule has 0 spiro atoms. The maximum absolute atomic E-state index is 6.59. The van der Waals surface area contributed by atoms with Gasteiger partial charge in [-0.05, 0) is 68.7 Å². The first-order valence-electron chi connectivity index (χ1n) is 9.50. The highest BCUT2D eigenvalue weighted by Crippen LogP contribution is 2.40. The molecule has 0 aromatic heterocycles. The van der Waals surface area contributed by atoms with Crippen molar-refractivity contribution in [2.45, 2.75) is 33.8 Å². The van der Waals surface area contributed by atoms with Gasteiger partial charge < -0.3 is 0 Å². The number of hydroxylamine groups is 1. The predicted molar refractivity (Wildman–Crippen MR) is 122 cm³/mol. The number of aryl methyl sites for hydroxylation is 1. The standard InChI is InChI=1S/C24H22Cl2N2O/c1-13-9-11-17(12-10-13)27-18-7-5-6-8-19-21(18)24(28-29-19)20-14(2)22(25)16(4)23(26)15(20)3/h5-12,19,28H,1-4H3. The molecule has 0 saturated carbocycles. The number of aliphatic imine (C=N–C) groups is 1. The van der Waals surface area contributed by atoms with Crippen molar-refractivity contribution in [3.05, 3.63) is 92.0 Å². The number of fused-ring (bicyclic) bond motifs is 1. The Balaban J connectivity index is 1.96. The Morgan fingerprint density at radius 3 is 2.21 bits per heavy atom. The van der Waals surface area contributed by atoms with Crippen molar-refractivity contribution in [3.63, 3.8) is 0 Å². The quantitative estimate of drug-likeness (QED) is 0.578. The highest BCUT2D eigenvalue weighted by atomic mass is 35.5. The van der Waals surface area contributed by atoms with Gasteiger partial charge in [0.25, 0.3) is 0 Å². The topological polar surface area (TPSA) is 33.6 Å². The molecule has 0 bridgehead atoms. The van der Waals surface area contributed by atoms with Crippen LogP contribution >= 0.6 is 23.2 Å². The van der Waals surface area contributed by atoms with Gasteiger partial charge in [0, 0.05) is 21.2 Å². The average Bonchev–Trinajstić information content (AvgIpc) is 3.02. The van der Waals surface area contributed by atoms with E-state index in [0.29, 0.717) is 10.0 Å². The Morgan fingerprint density at radius 1 is 0.897 bits per heavy atom. The lowest BCUT2D eigenvalue weighted by Gasteiger charge is -2.18. The number of rotatable bonds is 2. The van der Waals surface area contributed by atoms with E-state index in [2.05, 4.69) is 24.5 Å². The fourth-order valence-corrected chi connectivity index (χ4v) is 4.19. The number of benzene rings is 2. The SMILES string of the molecule is Cc1ccc(N=C2C=CC=CC3ONC(c4c(C)c(Cl)c(C)c(Cl)c4C)=C23)cc1. The highest BCUT2D eigenvalue weighted by molar-refractivity contribution is 6.37. The Bertz CT molecular complexity index is 1080. The molecule has 2 aromatic rings. The molecule has 29 heavy (non-hydrogen) atoms. The maximum atomic E-state index is 6.59. The summed E-state index contributed by atoms with van der Waals surface area (Å²) in [6.45, 7) is 8.02. The molecule has 0 fully saturated rings. The van der Waals surface area contributed by atoms with Gasteiger partial charge >= 0.3 is 0 Å². The molecule has 2 aliphatic rings. The molecule has 1 aliphatic heterocycles. The molecule has 1 unspecified atom stereocenters. The Morgan fingerprint density at radius 2 is 1.55 bits per heavy atom. The van der Waals surface area contributed by atoms with Crippen LogP contribution in [-0.4, -0.2) is 11.8 Å². The van der Waals surface area contributed by atoms with Gasteiger partial charge in [0.05, 0.1) is 17.1 Å². The average molecular weight is 425 g/mol. The highest BCUT2D eigenvalue weighted by Gasteiger charge is 2.32. The van der Waals surface area contributed by atoms with E-state index in [1.165, 1.54) is 5.56 Å². The Kier molecular flexibility index (Phi) is 5.39. The molecule has 5 heteroatoms. The minimum absolute atomic E-state index is 0.248. The summed E-state index contributed by atoms with van der Waals surface area (Å²) in [5, 5.41) is 1.34. The van der Waals surface area contributed by atoms with Crippen LogP contribution in [0.5, 0.6) is 0 Å². The third-order valence-electron chi connectivity index (χ3n) is 5.37. The molecule has 1 atom stereocenters. The number of hydrogen-bond acceptors (Lipinski definition) is 3. The molecule has 4 rings (SSSR count). The van der Waals surface area contributed by atoms with Gasteiger partial charge in [0.15, 0.2) is 0 Å². The normalized spacial score (nSPS) is 19.5. The summed E-state index contributed by atoms with van der Waals surface area (Å²) in [5.41, 5.74) is 11.7. The number of nitrogens with zero attached hydrogens (tertiary/aromatic N) is 1. The lowest BCUT2D eigenvalue weighted by Crippen LogP contribution is -2.13. The molecular formula is C24H22Cl2N2O. The van der Waals surface area contributed by atoms with Crippen LogP contribution in [0, 0.1) is 27.7 Å². The minimum atomic E-state index is -0.248. The van der Waals surface area contributed by atoms with E-state index < -0.39 is 0 Å². The van der Waals surface area contributed by atoms with E-state index in [9.17, 15) is 0 Å². The summed E-state index contributed by atoms with van der Waals surface area (Å²) >= 11 is 13.2. The second kappa shape index (κ2) is 7.83. The zero-order chi connectivity index (χ0) is 20.7. The number of halogens is 2. The molecule has 0 radical (unpaired) electrons. The van der Waals surface area contributed by atoms with Crippen LogP contribution in [-0.2, 0) is 4.84 Å². The summed E-state index contributed by atoms with van der Waals surface area (Å²) in [4.78, 5) is 10.8. The van der Waals surface area contributed by atoms with Crippen LogP contribution in [0.4, 0.5) is 5.69 Å². The van der Waals surface area contributed by atoms with Crippen LogP contribution in [0.2, 0.25) is 10.0 Å². The van der Waals surface area contributed by atoms with E-state index >= 15 is 0 Å². The summed E-state index contributed by atoms with van der Waals surface area (Å²) in [5.74, 6) is 0. The van der Waals surface area contributed by atoms with Gasteiger partial charge in [0.1, 0.15) is 6.10 Å². The van der Waals surface area contributed by atoms with E-state index in [1.54, 1.807) is 0 Å². The van der Waals surface area contributed by atoms with Crippen LogP contribution in [0.15, 0.2) is 59.1 Å². The maximum Gasteiger partial charge on any atom is 0.133 e. The predicted octanol–water partition coefficient (Wildman–Crippen LogP) is 6.74. The summed E-state index contributed by atoms with van der Waals surface area (Å²) in [6.07, 6.45) is 7.72. The smallest absolute Gasteiger partial charge is 0.133 e. The lowest BCUT2D eigenvalue weighted by atomic mass is 9.92. The lowest BCUT2D eigenvalue weighted by molar-refractivity contribution is 0.0763. The molecule has 0 amide bonds. The third kappa shape index (κ3) is 3.55. The van der Waals surface area contributed by atoms with E-state index in [1.807, 2.05) is 57.2 Å². The van der Waals surface area contributed by atoms with Crippen molar-refractivity contribution in [2.24, 2.45) is 4.99 Å². The van der Waals surface area contributed by atoms with Crippen LogP contribution < -0.4 is 5.48 Å². The molecular weight excluding hydrogens is 403 g/mol. The van der Waals surface area contributed by atoms with Crippen molar-refractivity contribution >= 4 is 40.3 Å². The van der Waals surface area contributed by atoms with Crippen LogP contribution in [0.1, 0.15) is 27.8 Å². The van der Waals surface area contributed by atoms with Crippen molar-refractivity contribution in [2.75, 3.05) is 0 Å². The second-order valence-corrected chi connectivity index (χ2v) is 8.14. The molecule has 1 N–H and O–H groups in total.